The summed E-state index contributed by atoms with van der Waals surface area (Å²) in [5, 5.41) is 1.40. The normalized spacial score (nSPS) is 10.8. The number of rotatable bonds is 5. The molecular formula is C24H20O7. The summed E-state index contributed by atoms with van der Waals surface area (Å²) in [7, 11) is 4.44. The van der Waals surface area contributed by atoms with Gasteiger partial charge in [0.1, 0.15) is 11.3 Å². The third-order valence-electron chi connectivity index (χ3n) is 4.94. The molecule has 0 aliphatic rings. The van der Waals surface area contributed by atoms with Gasteiger partial charge < -0.3 is 23.4 Å². The molecule has 0 N–H and O–H groups in total. The van der Waals surface area contributed by atoms with Gasteiger partial charge in [-0.05, 0) is 37.3 Å². The molecule has 0 aliphatic carbocycles. The molecule has 0 spiro atoms. The Balaban J connectivity index is 1.87. The van der Waals surface area contributed by atoms with Gasteiger partial charge in [0, 0.05) is 16.8 Å². The topological polar surface area (TPSA) is 84.2 Å². The second kappa shape index (κ2) is 8.02. The van der Waals surface area contributed by atoms with Crippen molar-refractivity contribution in [3.8, 4) is 23.0 Å². The second-order valence-electron chi connectivity index (χ2n) is 6.87. The SMILES string of the molecule is COc1cc2c(=O)oc3cc(OC(=O)c4cccc(C)c4)ccc3c2c(OC)c1OC. The van der Waals surface area contributed by atoms with Gasteiger partial charge in [0.25, 0.3) is 0 Å². The van der Waals surface area contributed by atoms with Crippen LogP contribution >= 0.6 is 0 Å². The van der Waals surface area contributed by atoms with Crippen molar-refractivity contribution in [2.75, 3.05) is 21.3 Å². The highest BCUT2D eigenvalue weighted by Crippen LogP contribution is 2.45. The minimum absolute atomic E-state index is 0.248. The van der Waals surface area contributed by atoms with Gasteiger partial charge in [0.05, 0.1) is 32.3 Å². The Morgan fingerprint density at radius 3 is 2.32 bits per heavy atom. The van der Waals surface area contributed by atoms with Crippen molar-refractivity contribution in [3.05, 3.63) is 70.1 Å². The zero-order valence-corrected chi connectivity index (χ0v) is 17.5. The number of methoxy groups -OCH3 is 3. The van der Waals surface area contributed by atoms with Gasteiger partial charge in [-0.2, -0.15) is 0 Å². The highest BCUT2D eigenvalue weighted by molar-refractivity contribution is 6.10. The van der Waals surface area contributed by atoms with Crippen molar-refractivity contribution in [3.63, 3.8) is 0 Å². The lowest BCUT2D eigenvalue weighted by molar-refractivity contribution is 0.0735. The molecule has 0 radical (unpaired) electrons. The fourth-order valence-corrected chi connectivity index (χ4v) is 3.53. The smallest absolute Gasteiger partial charge is 0.344 e. The van der Waals surface area contributed by atoms with E-state index in [0.717, 1.165) is 5.56 Å². The first-order valence-corrected chi connectivity index (χ1v) is 9.45. The van der Waals surface area contributed by atoms with E-state index in [4.69, 9.17) is 23.4 Å². The van der Waals surface area contributed by atoms with E-state index in [0.29, 0.717) is 33.6 Å². The number of carbonyl (C=O) groups excluding carboxylic acids is 1. The molecule has 158 valence electrons. The number of carbonyl (C=O) groups is 1. The van der Waals surface area contributed by atoms with E-state index in [9.17, 15) is 9.59 Å². The Morgan fingerprint density at radius 2 is 1.65 bits per heavy atom. The molecule has 7 nitrogen and oxygen atoms in total. The Hall–Kier alpha value is -4.00. The number of esters is 1. The number of benzene rings is 3. The number of hydrogen-bond acceptors (Lipinski definition) is 7. The van der Waals surface area contributed by atoms with Crippen LogP contribution in [0, 0.1) is 6.92 Å². The van der Waals surface area contributed by atoms with Crippen LogP contribution in [-0.2, 0) is 0 Å². The van der Waals surface area contributed by atoms with E-state index in [2.05, 4.69) is 0 Å². The monoisotopic (exact) mass is 420 g/mol. The van der Waals surface area contributed by atoms with Crippen molar-refractivity contribution >= 4 is 27.7 Å². The molecule has 0 bridgehead atoms. The summed E-state index contributed by atoms with van der Waals surface area (Å²) >= 11 is 0. The first kappa shape index (κ1) is 20.3. The lowest BCUT2D eigenvalue weighted by Gasteiger charge is -2.15. The summed E-state index contributed by atoms with van der Waals surface area (Å²) in [6.45, 7) is 1.89. The maximum absolute atomic E-state index is 12.7. The molecule has 0 saturated carbocycles. The van der Waals surface area contributed by atoms with Gasteiger partial charge >= 0.3 is 11.6 Å². The van der Waals surface area contributed by atoms with Crippen LogP contribution < -0.4 is 24.6 Å². The molecule has 0 unspecified atom stereocenters. The van der Waals surface area contributed by atoms with E-state index in [1.165, 1.54) is 27.4 Å². The lowest BCUT2D eigenvalue weighted by Crippen LogP contribution is -2.09. The van der Waals surface area contributed by atoms with Gasteiger partial charge in [-0.25, -0.2) is 9.59 Å². The molecule has 3 aromatic carbocycles. The summed E-state index contributed by atoms with van der Waals surface area (Å²) in [5.41, 5.74) is 1.04. The Morgan fingerprint density at radius 1 is 0.871 bits per heavy atom. The first-order valence-electron chi connectivity index (χ1n) is 9.45. The molecule has 1 heterocycles. The first-order chi connectivity index (χ1) is 15.0. The molecule has 4 rings (SSSR count). The molecule has 0 saturated heterocycles. The molecule has 31 heavy (non-hydrogen) atoms. The molecule has 1 aromatic heterocycles. The summed E-state index contributed by atoms with van der Waals surface area (Å²) in [4.78, 5) is 25.2. The number of hydrogen-bond donors (Lipinski definition) is 0. The van der Waals surface area contributed by atoms with Crippen LogP contribution in [0.3, 0.4) is 0 Å². The van der Waals surface area contributed by atoms with Crippen LogP contribution in [0.25, 0.3) is 21.7 Å². The standard InChI is InChI=1S/C24H20O7/c1-13-6-5-7-14(10-13)23(25)30-15-8-9-16-18(11-15)31-24(26)17-12-19(27-2)21(28-3)22(29-4)20(16)17/h5-12H,1-4H3. The molecular weight excluding hydrogens is 400 g/mol. The van der Waals surface area contributed by atoms with Gasteiger partial charge in [0.15, 0.2) is 11.5 Å². The van der Waals surface area contributed by atoms with Gasteiger partial charge in [0.2, 0.25) is 5.75 Å². The number of aryl methyl sites for hydroxylation is 1. The van der Waals surface area contributed by atoms with Crippen LogP contribution in [0.4, 0.5) is 0 Å². The van der Waals surface area contributed by atoms with Crippen LogP contribution in [0.2, 0.25) is 0 Å². The molecule has 0 atom stereocenters. The Kier molecular flexibility index (Phi) is 5.25. The zero-order valence-electron chi connectivity index (χ0n) is 17.5. The molecule has 0 fully saturated rings. The maximum Gasteiger partial charge on any atom is 0.344 e. The van der Waals surface area contributed by atoms with Crippen molar-refractivity contribution in [1.82, 2.24) is 0 Å². The largest absolute Gasteiger partial charge is 0.493 e. The predicted molar refractivity (Wildman–Crippen MR) is 116 cm³/mol. The highest BCUT2D eigenvalue weighted by Gasteiger charge is 2.21. The van der Waals surface area contributed by atoms with Gasteiger partial charge in [-0.1, -0.05) is 17.7 Å². The molecule has 0 aliphatic heterocycles. The zero-order chi connectivity index (χ0) is 22.1. The number of fused-ring (bicyclic) bond motifs is 3. The summed E-state index contributed by atoms with van der Waals surface area (Å²) < 4.78 is 27.3. The van der Waals surface area contributed by atoms with Gasteiger partial charge in [-0.15, -0.1) is 0 Å². The van der Waals surface area contributed by atoms with Crippen LogP contribution in [-0.4, -0.2) is 27.3 Å². The van der Waals surface area contributed by atoms with E-state index in [-0.39, 0.29) is 16.7 Å². The Labute approximate surface area is 177 Å². The predicted octanol–water partition coefficient (Wildman–Crippen LogP) is 4.50. The van der Waals surface area contributed by atoms with Crippen molar-refractivity contribution in [2.45, 2.75) is 6.92 Å². The number of ether oxygens (including phenoxy) is 4. The maximum atomic E-state index is 12.7. The molecule has 7 heteroatoms. The van der Waals surface area contributed by atoms with E-state index < -0.39 is 11.6 Å². The summed E-state index contributed by atoms with van der Waals surface area (Å²) in [6.07, 6.45) is 0. The summed E-state index contributed by atoms with van der Waals surface area (Å²) in [6, 6.07) is 13.5. The average molecular weight is 420 g/mol. The van der Waals surface area contributed by atoms with Crippen LogP contribution in [0.5, 0.6) is 23.0 Å². The highest BCUT2D eigenvalue weighted by atomic mass is 16.5. The van der Waals surface area contributed by atoms with E-state index in [1.54, 1.807) is 36.4 Å². The van der Waals surface area contributed by atoms with Crippen molar-refractivity contribution in [2.24, 2.45) is 0 Å². The third-order valence-corrected chi connectivity index (χ3v) is 4.94. The second-order valence-corrected chi connectivity index (χ2v) is 6.87. The van der Waals surface area contributed by atoms with Crippen LogP contribution in [0.1, 0.15) is 15.9 Å². The third kappa shape index (κ3) is 3.54. The fraction of sp³-hybridized carbons (Fsp3) is 0.167. The molecule has 0 amide bonds. The lowest BCUT2D eigenvalue weighted by atomic mass is 10.0. The fourth-order valence-electron chi connectivity index (χ4n) is 3.53. The van der Waals surface area contributed by atoms with Crippen molar-refractivity contribution < 1.29 is 28.2 Å². The average Bonchev–Trinajstić information content (AvgIpc) is 2.77. The Bertz CT molecular complexity index is 1370. The van der Waals surface area contributed by atoms with E-state index in [1.807, 2.05) is 13.0 Å². The van der Waals surface area contributed by atoms with E-state index >= 15 is 0 Å². The van der Waals surface area contributed by atoms with Gasteiger partial charge in [-0.3, -0.25) is 0 Å². The van der Waals surface area contributed by atoms with Crippen LogP contribution in [0.15, 0.2) is 57.7 Å². The quantitative estimate of drug-likeness (QED) is 0.203. The molecule has 4 aromatic rings. The van der Waals surface area contributed by atoms with Crippen molar-refractivity contribution in [1.29, 1.82) is 0 Å². The minimum Gasteiger partial charge on any atom is -0.493 e. The minimum atomic E-state index is -0.580. The summed E-state index contributed by atoms with van der Waals surface area (Å²) in [5.74, 6) is 0.803.